The molecule has 0 aromatic heterocycles. The van der Waals surface area contributed by atoms with E-state index in [-0.39, 0.29) is 16.3 Å². The van der Waals surface area contributed by atoms with Gasteiger partial charge in [-0.3, -0.25) is 4.79 Å². The first-order valence-electron chi connectivity index (χ1n) is 10.9. The van der Waals surface area contributed by atoms with E-state index >= 15 is 0 Å². The van der Waals surface area contributed by atoms with Crippen LogP contribution < -0.4 is 0 Å². The summed E-state index contributed by atoms with van der Waals surface area (Å²) in [5, 5.41) is 10.8. The molecular formula is C27H27NO4S. The van der Waals surface area contributed by atoms with Crippen molar-refractivity contribution in [2.75, 3.05) is 0 Å². The van der Waals surface area contributed by atoms with E-state index in [9.17, 15) is 18.3 Å². The average Bonchev–Trinajstić information content (AvgIpc) is 3.05. The molecule has 3 aromatic rings. The predicted octanol–water partition coefficient (Wildman–Crippen LogP) is 5.45. The van der Waals surface area contributed by atoms with Gasteiger partial charge in [0.05, 0.1) is 10.9 Å². The monoisotopic (exact) mass is 461 g/mol. The highest BCUT2D eigenvalue weighted by Crippen LogP contribution is 2.43. The highest BCUT2D eigenvalue weighted by atomic mass is 32.2. The summed E-state index contributed by atoms with van der Waals surface area (Å²) in [6.45, 7) is 6.20. The topological polar surface area (TPSA) is 74.7 Å². The van der Waals surface area contributed by atoms with E-state index in [4.69, 9.17) is 0 Å². The van der Waals surface area contributed by atoms with Gasteiger partial charge >= 0.3 is 0 Å². The smallest absolute Gasteiger partial charge is 0.290 e. The Morgan fingerprint density at radius 3 is 2.09 bits per heavy atom. The molecule has 1 heterocycles. The molecule has 0 aliphatic carbocycles. The van der Waals surface area contributed by atoms with Crippen LogP contribution in [0.25, 0.3) is 0 Å². The number of nitrogens with zero attached hydrogens (tertiary/aromatic N) is 1. The van der Waals surface area contributed by atoms with Crippen molar-refractivity contribution < 1.29 is 18.3 Å². The molecule has 1 unspecified atom stereocenters. The van der Waals surface area contributed by atoms with Gasteiger partial charge in [0.15, 0.2) is 5.76 Å². The number of amides is 1. The van der Waals surface area contributed by atoms with Gasteiger partial charge in [-0.15, -0.1) is 0 Å². The highest BCUT2D eigenvalue weighted by Gasteiger charge is 2.46. The van der Waals surface area contributed by atoms with Gasteiger partial charge in [0.1, 0.15) is 4.91 Å². The third-order valence-electron chi connectivity index (χ3n) is 5.99. The number of aryl methyl sites for hydroxylation is 1. The van der Waals surface area contributed by atoms with Gasteiger partial charge in [-0.25, -0.2) is 8.42 Å². The molecule has 6 heteroatoms. The molecule has 5 nitrogen and oxygen atoms in total. The summed E-state index contributed by atoms with van der Waals surface area (Å²) in [6, 6.07) is 22.4. The zero-order valence-electron chi connectivity index (χ0n) is 18.9. The third kappa shape index (κ3) is 4.31. The summed E-state index contributed by atoms with van der Waals surface area (Å²) in [4.78, 5) is 14.4. The van der Waals surface area contributed by atoms with Crippen molar-refractivity contribution in [3.8, 4) is 0 Å². The van der Waals surface area contributed by atoms with E-state index < -0.39 is 27.5 Å². The maximum Gasteiger partial charge on any atom is 0.290 e. The molecule has 0 saturated carbocycles. The lowest BCUT2D eigenvalue weighted by atomic mass is 9.98. The summed E-state index contributed by atoms with van der Waals surface area (Å²) >= 11 is 0. The first-order chi connectivity index (χ1) is 15.7. The molecule has 3 aromatic carbocycles. The molecule has 1 amide bonds. The van der Waals surface area contributed by atoms with E-state index in [1.165, 1.54) is 17.0 Å². The summed E-state index contributed by atoms with van der Waals surface area (Å²) in [6.07, 6.45) is 0. The Hall–Kier alpha value is -3.38. The van der Waals surface area contributed by atoms with E-state index in [2.05, 4.69) is 13.8 Å². The zero-order chi connectivity index (χ0) is 23.8. The van der Waals surface area contributed by atoms with E-state index in [1.807, 2.05) is 61.5 Å². The molecule has 1 N–H and O–H groups in total. The number of hydrogen-bond acceptors (Lipinski definition) is 4. The lowest BCUT2D eigenvalue weighted by Crippen LogP contribution is -2.30. The largest absolute Gasteiger partial charge is 0.502 e. The van der Waals surface area contributed by atoms with Crippen LogP contribution in [-0.4, -0.2) is 24.3 Å². The maximum absolute atomic E-state index is 13.7. The second-order valence-electron chi connectivity index (χ2n) is 8.67. The summed E-state index contributed by atoms with van der Waals surface area (Å²) in [5.41, 5.74) is 3.50. The molecule has 0 radical (unpaired) electrons. The Balaban J connectivity index is 1.85. The van der Waals surface area contributed by atoms with Crippen LogP contribution in [0.3, 0.4) is 0 Å². The standard InChI is InChI=1S/C27H27NO4S/c1-18(2)21-11-13-22(14-12-21)24-26(33(31,32)23-15-9-19(3)10-16-23)25(29)27(30)28(24)17-20-7-5-4-6-8-20/h4-16,18,24,29H,17H2,1-3H3. The van der Waals surface area contributed by atoms with Crippen molar-refractivity contribution in [1.82, 2.24) is 4.90 Å². The number of carbonyl (C=O) groups is 1. The SMILES string of the molecule is Cc1ccc(S(=O)(=O)C2=C(O)C(=O)N(Cc3ccccc3)C2c2ccc(C(C)C)cc2)cc1. The minimum Gasteiger partial charge on any atom is -0.502 e. The summed E-state index contributed by atoms with van der Waals surface area (Å²) < 4.78 is 27.3. The van der Waals surface area contributed by atoms with Gasteiger partial charge in [0.25, 0.3) is 5.91 Å². The number of benzene rings is 3. The van der Waals surface area contributed by atoms with Gasteiger partial charge in [-0.1, -0.05) is 86.1 Å². The second-order valence-corrected chi connectivity index (χ2v) is 10.6. The Morgan fingerprint density at radius 2 is 1.52 bits per heavy atom. The van der Waals surface area contributed by atoms with Crippen molar-refractivity contribution in [2.45, 2.75) is 44.2 Å². The lowest BCUT2D eigenvalue weighted by Gasteiger charge is -2.27. The number of aliphatic hydroxyl groups excluding tert-OH is 1. The Bertz CT molecular complexity index is 1290. The van der Waals surface area contributed by atoms with Gasteiger partial charge < -0.3 is 10.0 Å². The van der Waals surface area contributed by atoms with Crippen molar-refractivity contribution in [2.24, 2.45) is 0 Å². The fourth-order valence-electron chi connectivity index (χ4n) is 4.09. The minimum atomic E-state index is -4.12. The first kappa shape index (κ1) is 22.8. The van der Waals surface area contributed by atoms with Crippen LogP contribution >= 0.6 is 0 Å². The van der Waals surface area contributed by atoms with Crippen LogP contribution in [0.5, 0.6) is 0 Å². The number of sulfone groups is 1. The first-order valence-corrected chi connectivity index (χ1v) is 12.4. The molecule has 1 atom stereocenters. The predicted molar refractivity (Wildman–Crippen MR) is 128 cm³/mol. The van der Waals surface area contributed by atoms with Crippen LogP contribution in [0.15, 0.2) is 94.4 Å². The Kier molecular flexibility index (Phi) is 6.13. The van der Waals surface area contributed by atoms with E-state index in [0.29, 0.717) is 11.5 Å². The van der Waals surface area contributed by atoms with Crippen LogP contribution in [0.2, 0.25) is 0 Å². The molecule has 4 rings (SSSR count). The van der Waals surface area contributed by atoms with Crippen molar-refractivity contribution in [3.05, 3.63) is 112 Å². The molecule has 33 heavy (non-hydrogen) atoms. The van der Waals surface area contributed by atoms with Crippen LogP contribution in [0.1, 0.15) is 48.1 Å². The molecule has 0 bridgehead atoms. The maximum atomic E-state index is 13.7. The fourth-order valence-corrected chi connectivity index (χ4v) is 5.73. The Labute approximate surface area is 194 Å². The molecule has 1 aliphatic rings. The number of aliphatic hydroxyl groups is 1. The van der Waals surface area contributed by atoms with E-state index in [0.717, 1.165) is 16.7 Å². The lowest BCUT2D eigenvalue weighted by molar-refractivity contribution is -0.130. The van der Waals surface area contributed by atoms with Crippen LogP contribution in [0.4, 0.5) is 0 Å². The highest BCUT2D eigenvalue weighted by molar-refractivity contribution is 7.95. The van der Waals surface area contributed by atoms with Crippen LogP contribution in [-0.2, 0) is 21.2 Å². The minimum absolute atomic E-state index is 0.0489. The zero-order valence-corrected chi connectivity index (χ0v) is 19.7. The number of rotatable bonds is 6. The van der Waals surface area contributed by atoms with Crippen molar-refractivity contribution in [3.63, 3.8) is 0 Å². The molecular weight excluding hydrogens is 434 g/mol. The molecule has 1 aliphatic heterocycles. The third-order valence-corrected chi connectivity index (χ3v) is 7.88. The molecule has 0 spiro atoms. The van der Waals surface area contributed by atoms with Gasteiger partial charge in [0, 0.05) is 6.54 Å². The summed E-state index contributed by atoms with van der Waals surface area (Å²) in [7, 11) is -4.12. The Morgan fingerprint density at radius 1 is 0.909 bits per heavy atom. The second kappa shape index (κ2) is 8.87. The fraction of sp³-hybridized carbons (Fsp3) is 0.222. The van der Waals surface area contributed by atoms with Gasteiger partial charge in [-0.05, 0) is 41.7 Å². The number of hydrogen-bond donors (Lipinski definition) is 1. The van der Waals surface area contributed by atoms with Crippen molar-refractivity contribution in [1.29, 1.82) is 0 Å². The normalized spacial score (nSPS) is 16.7. The van der Waals surface area contributed by atoms with Gasteiger partial charge in [-0.2, -0.15) is 0 Å². The van der Waals surface area contributed by atoms with Crippen molar-refractivity contribution >= 4 is 15.7 Å². The molecule has 0 fully saturated rings. The average molecular weight is 462 g/mol. The van der Waals surface area contributed by atoms with E-state index in [1.54, 1.807) is 12.1 Å². The number of carbonyl (C=O) groups excluding carboxylic acids is 1. The van der Waals surface area contributed by atoms with Crippen LogP contribution in [0, 0.1) is 6.92 Å². The summed E-state index contributed by atoms with van der Waals surface area (Å²) in [5.74, 6) is -1.10. The molecule has 0 saturated heterocycles. The quantitative estimate of drug-likeness (QED) is 0.530. The van der Waals surface area contributed by atoms with Gasteiger partial charge in [0.2, 0.25) is 9.84 Å². The molecule has 170 valence electrons.